The third-order valence-corrected chi connectivity index (χ3v) is 4.28. The molecule has 17 heavy (non-hydrogen) atoms. The Hall–Kier alpha value is -1.28. The minimum Gasteiger partial charge on any atom is -0.508 e. The minimum absolute atomic E-state index is 0.470. The Morgan fingerprint density at radius 2 is 2.35 bits per heavy atom. The first-order valence-electron chi connectivity index (χ1n) is 6.46. The molecule has 2 aliphatic rings. The first-order chi connectivity index (χ1) is 8.31. The number of phenols is 1. The first-order valence-corrected chi connectivity index (χ1v) is 6.46. The molecule has 3 rings (SSSR count). The summed E-state index contributed by atoms with van der Waals surface area (Å²) in [7, 11) is 0. The number of nitrogens with one attached hydrogen (secondary N) is 1. The molecule has 0 saturated carbocycles. The van der Waals surface area contributed by atoms with Gasteiger partial charge in [-0.25, -0.2) is 0 Å². The molecule has 2 N–H and O–H groups in total. The van der Waals surface area contributed by atoms with Crippen LogP contribution in [0.1, 0.15) is 29.9 Å². The first kappa shape index (κ1) is 10.8. The van der Waals surface area contributed by atoms with E-state index in [4.69, 9.17) is 0 Å². The van der Waals surface area contributed by atoms with Gasteiger partial charge in [0.1, 0.15) is 5.75 Å². The van der Waals surface area contributed by atoms with Crippen LogP contribution in [-0.2, 0) is 6.42 Å². The number of aromatic hydroxyl groups is 1. The minimum atomic E-state index is 0.470. The van der Waals surface area contributed by atoms with Crippen LogP contribution < -0.4 is 5.32 Å². The fourth-order valence-corrected chi connectivity index (χ4v) is 3.56. The number of hydrogen-bond acceptors (Lipinski definition) is 2. The van der Waals surface area contributed by atoms with Crippen LogP contribution in [0.15, 0.2) is 30.9 Å². The average Bonchev–Trinajstić information content (AvgIpc) is 2.73. The van der Waals surface area contributed by atoms with Crippen LogP contribution in [0.2, 0.25) is 0 Å². The average molecular weight is 229 g/mol. The smallest absolute Gasteiger partial charge is 0.119 e. The van der Waals surface area contributed by atoms with Crippen molar-refractivity contribution in [3.8, 4) is 5.75 Å². The second-order valence-electron chi connectivity index (χ2n) is 5.21. The molecule has 1 aromatic carbocycles. The van der Waals surface area contributed by atoms with Crippen LogP contribution in [-0.4, -0.2) is 17.7 Å². The fraction of sp³-hybridized carbons (Fsp3) is 0.467. The number of aryl methyl sites for hydroxylation is 1. The van der Waals surface area contributed by atoms with Gasteiger partial charge in [0, 0.05) is 17.5 Å². The van der Waals surface area contributed by atoms with Crippen molar-refractivity contribution < 1.29 is 5.11 Å². The van der Waals surface area contributed by atoms with Crippen LogP contribution in [0.25, 0.3) is 0 Å². The Morgan fingerprint density at radius 1 is 1.47 bits per heavy atom. The molecule has 0 aromatic heterocycles. The molecular weight excluding hydrogens is 210 g/mol. The van der Waals surface area contributed by atoms with Crippen molar-refractivity contribution in [1.82, 2.24) is 5.32 Å². The molecule has 1 saturated heterocycles. The van der Waals surface area contributed by atoms with Crippen LogP contribution >= 0.6 is 0 Å². The molecule has 0 spiro atoms. The van der Waals surface area contributed by atoms with Crippen LogP contribution in [0, 0.1) is 5.92 Å². The summed E-state index contributed by atoms with van der Waals surface area (Å²) in [5.41, 5.74) is 2.53. The van der Waals surface area contributed by atoms with Gasteiger partial charge in [-0.15, -0.1) is 6.58 Å². The summed E-state index contributed by atoms with van der Waals surface area (Å²) in [6, 6.07) is 6.49. The van der Waals surface area contributed by atoms with Gasteiger partial charge in [0.2, 0.25) is 0 Å². The second kappa shape index (κ2) is 4.19. The third-order valence-electron chi connectivity index (χ3n) is 4.28. The van der Waals surface area contributed by atoms with Crippen molar-refractivity contribution >= 4 is 0 Å². The molecule has 1 aliphatic heterocycles. The van der Waals surface area contributed by atoms with E-state index in [0.717, 1.165) is 19.4 Å². The van der Waals surface area contributed by atoms with Gasteiger partial charge in [-0.1, -0.05) is 18.2 Å². The van der Waals surface area contributed by atoms with Crippen LogP contribution in [0.3, 0.4) is 0 Å². The molecule has 1 aliphatic carbocycles. The summed E-state index contributed by atoms with van der Waals surface area (Å²) < 4.78 is 0. The summed E-state index contributed by atoms with van der Waals surface area (Å²) in [4.78, 5) is 0. The SMILES string of the molecule is C=CCC1CN[C@@H]2CCc3cccc(O)c3[C@@H]12. The monoisotopic (exact) mass is 229 g/mol. The van der Waals surface area contributed by atoms with Crippen molar-refractivity contribution in [2.45, 2.75) is 31.2 Å². The van der Waals surface area contributed by atoms with E-state index < -0.39 is 0 Å². The molecule has 1 unspecified atom stereocenters. The highest BCUT2D eigenvalue weighted by Gasteiger charge is 2.40. The predicted molar refractivity (Wildman–Crippen MR) is 69.3 cm³/mol. The Labute approximate surface area is 102 Å². The van der Waals surface area contributed by atoms with E-state index in [9.17, 15) is 5.11 Å². The molecule has 0 amide bonds. The zero-order valence-corrected chi connectivity index (χ0v) is 10.0. The Kier molecular flexibility index (Phi) is 2.67. The van der Waals surface area contributed by atoms with E-state index >= 15 is 0 Å². The van der Waals surface area contributed by atoms with Crippen LogP contribution in [0.4, 0.5) is 0 Å². The van der Waals surface area contributed by atoms with Crippen LogP contribution in [0.5, 0.6) is 5.75 Å². The van der Waals surface area contributed by atoms with E-state index in [2.05, 4.69) is 18.0 Å². The van der Waals surface area contributed by atoms with E-state index in [0.29, 0.717) is 23.6 Å². The standard InChI is InChI=1S/C15H19NO/c1-2-4-11-9-16-12-8-7-10-5-3-6-13(17)15(10)14(11)12/h2-3,5-6,11-12,14,16-17H,1,4,7-9H2/t11?,12-,14+/m1/s1. The highest BCUT2D eigenvalue weighted by molar-refractivity contribution is 5.45. The lowest BCUT2D eigenvalue weighted by molar-refractivity contribution is 0.396. The summed E-state index contributed by atoms with van der Waals surface area (Å²) in [5, 5.41) is 13.7. The summed E-state index contributed by atoms with van der Waals surface area (Å²) in [5.74, 6) is 1.54. The lowest BCUT2D eigenvalue weighted by Crippen LogP contribution is -2.30. The predicted octanol–water partition coefficient (Wildman–Crippen LogP) is 2.59. The van der Waals surface area contributed by atoms with Crippen molar-refractivity contribution in [3.05, 3.63) is 42.0 Å². The van der Waals surface area contributed by atoms with Gasteiger partial charge in [0.15, 0.2) is 0 Å². The zero-order valence-electron chi connectivity index (χ0n) is 10.0. The quantitative estimate of drug-likeness (QED) is 0.764. The van der Waals surface area contributed by atoms with Gasteiger partial charge in [-0.3, -0.25) is 0 Å². The fourth-order valence-electron chi connectivity index (χ4n) is 3.56. The molecule has 0 bridgehead atoms. The second-order valence-corrected chi connectivity index (χ2v) is 5.21. The molecule has 0 radical (unpaired) electrons. The molecule has 2 nitrogen and oxygen atoms in total. The van der Waals surface area contributed by atoms with Gasteiger partial charge in [-0.05, 0) is 43.4 Å². The van der Waals surface area contributed by atoms with E-state index in [1.54, 1.807) is 0 Å². The van der Waals surface area contributed by atoms with Crippen molar-refractivity contribution in [2.75, 3.05) is 6.54 Å². The lowest BCUT2D eigenvalue weighted by Gasteiger charge is -2.31. The van der Waals surface area contributed by atoms with Gasteiger partial charge in [-0.2, -0.15) is 0 Å². The van der Waals surface area contributed by atoms with Crippen molar-refractivity contribution in [2.24, 2.45) is 5.92 Å². The summed E-state index contributed by atoms with van der Waals surface area (Å²) in [6.45, 7) is 4.90. The third kappa shape index (κ3) is 1.67. The van der Waals surface area contributed by atoms with Gasteiger partial charge in [0.25, 0.3) is 0 Å². The van der Waals surface area contributed by atoms with Crippen molar-refractivity contribution in [3.63, 3.8) is 0 Å². The maximum Gasteiger partial charge on any atom is 0.119 e. The summed E-state index contributed by atoms with van der Waals surface area (Å²) >= 11 is 0. The molecule has 1 heterocycles. The van der Waals surface area contributed by atoms with Gasteiger partial charge < -0.3 is 10.4 Å². The number of fused-ring (bicyclic) bond motifs is 3. The zero-order chi connectivity index (χ0) is 11.8. The molecule has 3 atom stereocenters. The molecule has 1 aromatic rings. The number of rotatable bonds is 2. The van der Waals surface area contributed by atoms with Crippen molar-refractivity contribution in [1.29, 1.82) is 0 Å². The van der Waals surface area contributed by atoms with Gasteiger partial charge in [0.05, 0.1) is 0 Å². The van der Waals surface area contributed by atoms with E-state index in [1.807, 2.05) is 18.2 Å². The van der Waals surface area contributed by atoms with Gasteiger partial charge >= 0.3 is 0 Å². The number of benzene rings is 1. The molecule has 90 valence electrons. The Bertz CT molecular complexity index is 441. The number of phenolic OH excluding ortho intramolecular Hbond substituents is 1. The largest absolute Gasteiger partial charge is 0.508 e. The lowest BCUT2D eigenvalue weighted by atomic mass is 9.74. The maximum atomic E-state index is 10.1. The molecule has 2 heteroatoms. The topological polar surface area (TPSA) is 32.3 Å². The van der Waals surface area contributed by atoms with E-state index in [-0.39, 0.29) is 0 Å². The number of hydrogen-bond donors (Lipinski definition) is 2. The molecule has 1 fully saturated rings. The van der Waals surface area contributed by atoms with E-state index in [1.165, 1.54) is 17.5 Å². The normalized spacial score (nSPS) is 30.7. The Morgan fingerprint density at radius 3 is 3.18 bits per heavy atom. The Balaban J connectivity index is 2.03. The maximum absolute atomic E-state index is 10.1. The highest BCUT2D eigenvalue weighted by atomic mass is 16.3. The summed E-state index contributed by atoms with van der Waals surface area (Å²) in [6.07, 6.45) is 5.30. The highest BCUT2D eigenvalue weighted by Crippen LogP contribution is 2.45. The molecular formula is C15H19NO. The number of allylic oxidation sites excluding steroid dienone is 1.